The molecule has 0 fully saturated rings. The highest BCUT2D eigenvalue weighted by Crippen LogP contribution is 1.97. The van der Waals surface area contributed by atoms with Gasteiger partial charge in [0.25, 0.3) is 0 Å². The van der Waals surface area contributed by atoms with Gasteiger partial charge in [-0.1, -0.05) is 30.3 Å². The first-order valence-electron chi connectivity index (χ1n) is 5.99. The first-order valence-corrected chi connectivity index (χ1v) is 6.40. The average molecular weight is 265 g/mol. The third-order valence-corrected chi connectivity index (χ3v) is 2.65. The topological polar surface area (TPSA) is 53.2 Å². The summed E-state index contributed by atoms with van der Waals surface area (Å²) in [6.07, 6.45) is 0. The van der Waals surface area contributed by atoms with Crippen LogP contribution in [0.25, 0.3) is 0 Å². The van der Waals surface area contributed by atoms with Gasteiger partial charge in [-0.25, -0.2) is 0 Å². The highest BCUT2D eigenvalue weighted by Gasteiger charge is 2.11. The van der Waals surface area contributed by atoms with Crippen molar-refractivity contribution in [2.75, 3.05) is 6.54 Å². The van der Waals surface area contributed by atoms with Crippen LogP contribution in [0.15, 0.2) is 30.3 Å². The number of rotatable bonds is 5. The molecule has 0 radical (unpaired) electrons. The minimum Gasteiger partial charge on any atom is -0.359 e. The molecule has 4 nitrogen and oxygen atoms in total. The first kappa shape index (κ1) is 14.4. The van der Waals surface area contributed by atoms with E-state index in [1.54, 1.807) is 6.92 Å². The number of hydrogen-bond donors (Lipinski definition) is 3. The van der Waals surface area contributed by atoms with E-state index in [4.69, 9.17) is 12.2 Å². The zero-order valence-electron chi connectivity index (χ0n) is 10.7. The molecule has 0 unspecified atom stereocenters. The lowest BCUT2D eigenvalue weighted by Crippen LogP contribution is -2.48. The van der Waals surface area contributed by atoms with Gasteiger partial charge in [0.1, 0.15) is 6.04 Å². The average Bonchev–Trinajstić information content (AvgIpc) is 2.38. The number of nitrogens with one attached hydrogen (secondary N) is 3. The number of carbonyl (C=O) groups excluding carboxylic acids is 1. The lowest BCUT2D eigenvalue weighted by molar-refractivity contribution is -0.122. The van der Waals surface area contributed by atoms with Crippen molar-refractivity contribution in [1.29, 1.82) is 0 Å². The molecule has 0 aromatic heterocycles. The lowest BCUT2D eigenvalue weighted by atomic mass is 10.2. The highest BCUT2D eigenvalue weighted by molar-refractivity contribution is 7.80. The second kappa shape index (κ2) is 7.66. The van der Waals surface area contributed by atoms with Crippen LogP contribution >= 0.6 is 12.2 Å². The molecule has 98 valence electrons. The Kier molecular flexibility index (Phi) is 6.14. The van der Waals surface area contributed by atoms with Crippen LogP contribution in [0.4, 0.5) is 0 Å². The van der Waals surface area contributed by atoms with E-state index in [2.05, 4.69) is 16.0 Å². The Balaban J connectivity index is 2.31. The summed E-state index contributed by atoms with van der Waals surface area (Å²) >= 11 is 5.13. The van der Waals surface area contributed by atoms with Crippen LogP contribution in [0.3, 0.4) is 0 Å². The van der Waals surface area contributed by atoms with Crippen molar-refractivity contribution in [2.24, 2.45) is 0 Å². The molecule has 5 heteroatoms. The Labute approximate surface area is 113 Å². The summed E-state index contributed by atoms with van der Waals surface area (Å²) in [6, 6.07) is 9.62. The molecule has 1 aromatic carbocycles. The smallest absolute Gasteiger partial charge is 0.242 e. The Morgan fingerprint density at radius 3 is 2.56 bits per heavy atom. The van der Waals surface area contributed by atoms with Crippen LogP contribution in [0.2, 0.25) is 0 Å². The van der Waals surface area contributed by atoms with E-state index in [1.807, 2.05) is 37.3 Å². The van der Waals surface area contributed by atoms with Gasteiger partial charge >= 0.3 is 0 Å². The normalized spacial score (nSPS) is 11.4. The fourth-order valence-electron chi connectivity index (χ4n) is 1.42. The summed E-state index contributed by atoms with van der Waals surface area (Å²) in [5.41, 5.74) is 1.15. The summed E-state index contributed by atoms with van der Waals surface area (Å²) in [5, 5.41) is 9.23. The van der Waals surface area contributed by atoms with Gasteiger partial charge in [0.15, 0.2) is 5.11 Å². The molecule has 1 amide bonds. The van der Waals surface area contributed by atoms with Crippen molar-refractivity contribution >= 4 is 23.2 Å². The number of likely N-dealkylation sites (N-methyl/N-ethyl adjacent to an activating group) is 1. The van der Waals surface area contributed by atoms with Crippen molar-refractivity contribution in [3.8, 4) is 0 Å². The quantitative estimate of drug-likeness (QED) is 0.700. The zero-order chi connectivity index (χ0) is 13.4. The van der Waals surface area contributed by atoms with Crippen molar-refractivity contribution in [2.45, 2.75) is 26.4 Å². The van der Waals surface area contributed by atoms with Gasteiger partial charge in [-0.3, -0.25) is 4.79 Å². The van der Waals surface area contributed by atoms with E-state index in [0.29, 0.717) is 18.2 Å². The molecule has 0 spiro atoms. The Hall–Kier alpha value is -1.62. The van der Waals surface area contributed by atoms with Crippen LogP contribution in [0.5, 0.6) is 0 Å². The van der Waals surface area contributed by atoms with Gasteiger partial charge < -0.3 is 16.0 Å². The van der Waals surface area contributed by atoms with Gasteiger partial charge in [0.05, 0.1) is 0 Å². The predicted octanol–water partition coefficient (Wildman–Crippen LogP) is 1.18. The number of carbonyl (C=O) groups is 1. The number of amides is 1. The Morgan fingerprint density at radius 1 is 1.28 bits per heavy atom. The van der Waals surface area contributed by atoms with Gasteiger partial charge in [0.2, 0.25) is 5.91 Å². The molecule has 3 N–H and O–H groups in total. The molecular weight excluding hydrogens is 246 g/mol. The van der Waals surface area contributed by atoms with Crippen molar-refractivity contribution in [1.82, 2.24) is 16.0 Å². The van der Waals surface area contributed by atoms with Crippen molar-refractivity contribution in [3.63, 3.8) is 0 Å². The summed E-state index contributed by atoms with van der Waals surface area (Å²) in [6.45, 7) is 4.93. The molecule has 1 atom stereocenters. The Bertz CT molecular complexity index is 394. The molecule has 0 saturated heterocycles. The third-order valence-electron chi connectivity index (χ3n) is 2.39. The molecular formula is C13H19N3OS. The van der Waals surface area contributed by atoms with Gasteiger partial charge in [-0.2, -0.15) is 0 Å². The maximum absolute atomic E-state index is 11.5. The first-order chi connectivity index (χ1) is 8.63. The minimum absolute atomic E-state index is 0.0543. The van der Waals surface area contributed by atoms with Gasteiger partial charge in [0, 0.05) is 13.1 Å². The molecule has 0 aliphatic rings. The van der Waals surface area contributed by atoms with Gasteiger partial charge in [-0.05, 0) is 31.6 Å². The lowest BCUT2D eigenvalue weighted by Gasteiger charge is -2.16. The maximum atomic E-state index is 11.5. The second-order valence-electron chi connectivity index (χ2n) is 3.93. The molecule has 0 heterocycles. The zero-order valence-corrected chi connectivity index (χ0v) is 11.5. The van der Waals surface area contributed by atoms with E-state index in [-0.39, 0.29) is 11.9 Å². The summed E-state index contributed by atoms with van der Waals surface area (Å²) in [7, 11) is 0. The highest BCUT2D eigenvalue weighted by atomic mass is 32.1. The summed E-state index contributed by atoms with van der Waals surface area (Å²) in [4.78, 5) is 11.5. The van der Waals surface area contributed by atoms with Crippen molar-refractivity contribution in [3.05, 3.63) is 35.9 Å². The molecule has 18 heavy (non-hydrogen) atoms. The molecule has 0 saturated carbocycles. The number of benzene rings is 1. The number of hydrogen-bond acceptors (Lipinski definition) is 2. The molecule has 1 aromatic rings. The third kappa shape index (κ3) is 5.14. The fourth-order valence-corrected chi connectivity index (χ4v) is 1.67. The van der Waals surface area contributed by atoms with Crippen molar-refractivity contribution < 1.29 is 4.79 Å². The van der Waals surface area contributed by atoms with E-state index in [0.717, 1.165) is 5.56 Å². The standard InChI is InChI=1S/C13H19N3OS/c1-3-14-12(17)10(2)16-13(18)15-9-11-7-5-4-6-8-11/h4-8,10H,3,9H2,1-2H3,(H,14,17)(H2,15,16,18)/t10-/m1/s1. The number of thiocarbonyl (C=S) groups is 1. The van der Waals surface area contributed by atoms with Crippen LogP contribution in [0, 0.1) is 0 Å². The van der Waals surface area contributed by atoms with E-state index >= 15 is 0 Å². The van der Waals surface area contributed by atoms with E-state index < -0.39 is 0 Å². The summed E-state index contributed by atoms with van der Waals surface area (Å²) in [5.74, 6) is -0.0543. The second-order valence-corrected chi connectivity index (χ2v) is 4.34. The SMILES string of the molecule is CCNC(=O)[C@@H](C)NC(=S)NCc1ccccc1. The van der Waals surface area contributed by atoms with Crippen LogP contribution in [-0.4, -0.2) is 23.6 Å². The van der Waals surface area contributed by atoms with Crippen LogP contribution in [-0.2, 0) is 11.3 Å². The van der Waals surface area contributed by atoms with Gasteiger partial charge in [-0.15, -0.1) is 0 Å². The monoisotopic (exact) mass is 265 g/mol. The Morgan fingerprint density at radius 2 is 1.94 bits per heavy atom. The van der Waals surface area contributed by atoms with Crippen LogP contribution < -0.4 is 16.0 Å². The molecule has 1 rings (SSSR count). The van der Waals surface area contributed by atoms with E-state index in [1.165, 1.54) is 0 Å². The molecule has 0 aliphatic heterocycles. The van der Waals surface area contributed by atoms with E-state index in [9.17, 15) is 4.79 Å². The fraction of sp³-hybridized carbons (Fsp3) is 0.385. The molecule has 0 bridgehead atoms. The van der Waals surface area contributed by atoms with Crippen LogP contribution in [0.1, 0.15) is 19.4 Å². The predicted molar refractivity (Wildman–Crippen MR) is 77.2 cm³/mol. The minimum atomic E-state index is -0.333. The summed E-state index contributed by atoms with van der Waals surface area (Å²) < 4.78 is 0. The largest absolute Gasteiger partial charge is 0.359 e. The maximum Gasteiger partial charge on any atom is 0.242 e. The molecule has 0 aliphatic carbocycles.